The molecule has 4 heterocycles. The summed E-state index contributed by atoms with van der Waals surface area (Å²) in [6.07, 6.45) is 0.593. The van der Waals surface area contributed by atoms with E-state index in [1.54, 1.807) is 39.4 Å². The molecule has 184 valence electrons. The van der Waals surface area contributed by atoms with Crippen LogP contribution in [0.15, 0.2) is 56.7 Å². The van der Waals surface area contributed by atoms with Crippen molar-refractivity contribution in [1.82, 2.24) is 4.98 Å². The number of hydrogen-bond acceptors (Lipinski definition) is 9. The minimum atomic E-state index is -0.403. The number of nitrogen functional groups attached to an aromatic ring is 1. The number of pyridine rings is 1. The van der Waals surface area contributed by atoms with Crippen LogP contribution in [0.5, 0.6) is 5.75 Å². The van der Waals surface area contributed by atoms with Crippen molar-refractivity contribution in [2.45, 2.75) is 36.2 Å². The van der Waals surface area contributed by atoms with Gasteiger partial charge in [0.05, 0.1) is 30.9 Å². The zero-order valence-electron chi connectivity index (χ0n) is 20.3. The third-order valence-corrected chi connectivity index (χ3v) is 8.65. The van der Waals surface area contributed by atoms with Crippen molar-refractivity contribution in [2.75, 3.05) is 27.1 Å². The van der Waals surface area contributed by atoms with Crippen LogP contribution in [0.2, 0.25) is 0 Å². The zero-order chi connectivity index (χ0) is 25.1. The molecule has 0 saturated heterocycles. The highest BCUT2D eigenvalue weighted by Crippen LogP contribution is 2.64. The summed E-state index contributed by atoms with van der Waals surface area (Å²) in [6.45, 7) is 1.95. The Morgan fingerprint density at radius 3 is 2.50 bits per heavy atom. The average molecular weight is 504 g/mol. The Balaban J connectivity index is 1.54. The second-order valence-corrected chi connectivity index (χ2v) is 10.1. The summed E-state index contributed by atoms with van der Waals surface area (Å²) in [6, 6.07) is 11.7. The van der Waals surface area contributed by atoms with Crippen LogP contribution >= 0.6 is 11.8 Å². The molecule has 0 bridgehead atoms. The van der Waals surface area contributed by atoms with Gasteiger partial charge in [0.25, 0.3) is 0 Å². The number of methoxy groups -OCH3 is 3. The molecule has 6 rings (SSSR count). The van der Waals surface area contributed by atoms with Crippen molar-refractivity contribution in [1.29, 1.82) is 5.26 Å². The lowest BCUT2D eigenvalue weighted by atomic mass is 9.70. The van der Waals surface area contributed by atoms with Crippen molar-refractivity contribution in [2.24, 2.45) is 5.92 Å². The molecule has 0 fully saturated rings. The SMILES string of the molecule is COc1ccc(-c2nc3c(c(N)c2C#N)C2C(=C(C)OC4C(OC)c5occc5C(OC)C24)S3)cc1. The third kappa shape index (κ3) is 3.11. The normalized spacial score (nSPS) is 25.8. The van der Waals surface area contributed by atoms with E-state index in [-0.39, 0.29) is 24.0 Å². The number of nitrogens with zero attached hydrogens (tertiary/aromatic N) is 2. The van der Waals surface area contributed by atoms with Crippen molar-refractivity contribution >= 4 is 17.4 Å². The molecule has 8 nitrogen and oxygen atoms in total. The maximum Gasteiger partial charge on any atom is 0.152 e. The highest BCUT2D eigenvalue weighted by Gasteiger charge is 2.56. The first-order chi connectivity index (χ1) is 17.5. The van der Waals surface area contributed by atoms with Gasteiger partial charge < -0.3 is 29.1 Å². The second kappa shape index (κ2) is 8.59. The van der Waals surface area contributed by atoms with Gasteiger partial charge in [-0.2, -0.15) is 5.26 Å². The van der Waals surface area contributed by atoms with Gasteiger partial charge in [0.2, 0.25) is 0 Å². The molecule has 9 heteroatoms. The standard InChI is InChI=1S/C27H25N3O5S/c1-12-26-17(19-22(32-3)15-9-10-34-23(15)25(33-4)24(19)35-12)18-20(29)16(11-28)21(30-27(18)36-26)13-5-7-14(31-2)8-6-13/h5-10,17,19,22,24-25H,1-4H3,(H2,29,30). The summed E-state index contributed by atoms with van der Waals surface area (Å²) in [5.74, 6) is 1.93. The predicted octanol–water partition coefficient (Wildman–Crippen LogP) is 5.33. The Kier molecular flexibility index (Phi) is 5.48. The second-order valence-electron chi connectivity index (χ2n) is 9.02. The quantitative estimate of drug-likeness (QED) is 0.505. The number of hydrogen-bond donors (Lipinski definition) is 1. The van der Waals surface area contributed by atoms with Crippen molar-refractivity contribution in [3.8, 4) is 23.1 Å². The molecule has 2 N–H and O–H groups in total. The smallest absolute Gasteiger partial charge is 0.152 e. The van der Waals surface area contributed by atoms with Crippen molar-refractivity contribution < 1.29 is 23.4 Å². The van der Waals surface area contributed by atoms with Gasteiger partial charge in [-0.3, -0.25) is 0 Å². The van der Waals surface area contributed by atoms with E-state index in [1.807, 2.05) is 37.3 Å². The summed E-state index contributed by atoms with van der Waals surface area (Å²) < 4.78 is 29.5. The number of nitrogens with two attached hydrogens (primary N) is 1. The third-order valence-electron chi connectivity index (χ3n) is 7.39. The molecule has 0 spiro atoms. The molecule has 5 unspecified atom stereocenters. The Labute approximate surface area is 213 Å². The largest absolute Gasteiger partial charge is 0.497 e. The molecule has 0 saturated carbocycles. The molecule has 0 radical (unpaired) electrons. The molecule has 5 atom stereocenters. The maximum atomic E-state index is 10.2. The summed E-state index contributed by atoms with van der Waals surface area (Å²) in [5.41, 5.74) is 10.7. The molecule has 0 amide bonds. The van der Waals surface area contributed by atoms with E-state index in [4.69, 9.17) is 34.1 Å². The number of benzene rings is 1. The van der Waals surface area contributed by atoms with E-state index in [1.165, 1.54) is 0 Å². The van der Waals surface area contributed by atoms with Crippen molar-refractivity contribution in [3.05, 3.63) is 69.7 Å². The molecule has 3 aromatic rings. The topological polar surface area (TPSA) is 113 Å². The van der Waals surface area contributed by atoms with E-state index < -0.39 is 6.10 Å². The highest BCUT2D eigenvalue weighted by atomic mass is 32.2. The van der Waals surface area contributed by atoms with E-state index in [9.17, 15) is 5.26 Å². The summed E-state index contributed by atoms with van der Waals surface area (Å²) in [4.78, 5) is 6.00. The van der Waals surface area contributed by atoms with E-state index in [0.29, 0.717) is 22.7 Å². The summed E-state index contributed by atoms with van der Waals surface area (Å²) in [5, 5.41) is 10.9. The van der Waals surface area contributed by atoms with Crippen molar-refractivity contribution in [3.63, 3.8) is 0 Å². The number of allylic oxidation sites excluding steroid dienone is 2. The molecule has 3 aliphatic rings. The van der Waals surface area contributed by atoms with E-state index in [2.05, 4.69) is 6.07 Å². The van der Waals surface area contributed by atoms with Gasteiger partial charge in [-0.1, -0.05) is 11.8 Å². The molecule has 2 aliphatic heterocycles. The van der Waals surface area contributed by atoms with Gasteiger partial charge in [-0.15, -0.1) is 0 Å². The van der Waals surface area contributed by atoms with Crippen LogP contribution in [0.1, 0.15) is 47.5 Å². The zero-order valence-corrected chi connectivity index (χ0v) is 21.1. The Bertz CT molecular complexity index is 1420. The molecule has 36 heavy (non-hydrogen) atoms. The van der Waals surface area contributed by atoms with Crippen LogP contribution in [0, 0.1) is 17.2 Å². The fourth-order valence-corrected chi connectivity index (χ4v) is 7.11. The Hall–Kier alpha value is -3.45. The minimum Gasteiger partial charge on any atom is -0.497 e. The molecule has 1 aromatic carbocycles. The molecule has 2 aromatic heterocycles. The first-order valence-electron chi connectivity index (χ1n) is 11.6. The fraction of sp³-hybridized carbons (Fsp3) is 0.333. The molecular weight excluding hydrogens is 478 g/mol. The number of aromatic nitrogens is 1. The molecule has 1 aliphatic carbocycles. The number of nitriles is 1. The lowest BCUT2D eigenvalue weighted by Gasteiger charge is -2.46. The van der Waals surface area contributed by atoms with Crippen LogP contribution < -0.4 is 10.5 Å². The van der Waals surface area contributed by atoms with Gasteiger partial charge in [-0.25, -0.2) is 4.98 Å². The number of fused-ring (bicyclic) bond motifs is 6. The van der Waals surface area contributed by atoms with Crippen LogP contribution in [-0.2, 0) is 14.2 Å². The Morgan fingerprint density at radius 2 is 1.83 bits per heavy atom. The molecular formula is C27H25N3O5S. The van der Waals surface area contributed by atoms with Crippen LogP contribution in [0.25, 0.3) is 11.3 Å². The fourth-order valence-electron chi connectivity index (χ4n) is 5.82. The van der Waals surface area contributed by atoms with Crippen LogP contribution in [0.4, 0.5) is 5.69 Å². The number of furan rings is 1. The van der Waals surface area contributed by atoms with E-state index >= 15 is 0 Å². The van der Waals surface area contributed by atoms with Gasteiger partial charge in [0, 0.05) is 47.7 Å². The lowest BCUT2D eigenvalue weighted by Crippen LogP contribution is -2.45. The monoisotopic (exact) mass is 503 g/mol. The number of rotatable bonds is 4. The highest BCUT2D eigenvalue weighted by molar-refractivity contribution is 8.03. The maximum absolute atomic E-state index is 10.2. The first kappa shape index (κ1) is 23.0. The van der Waals surface area contributed by atoms with Gasteiger partial charge in [0.1, 0.15) is 40.0 Å². The van der Waals surface area contributed by atoms with Crippen LogP contribution in [0.3, 0.4) is 0 Å². The van der Waals surface area contributed by atoms with Gasteiger partial charge >= 0.3 is 0 Å². The number of ether oxygens (including phenoxy) is 4. The van der Waals surface area contributed by atoms with E-state index in [0.717, 1.165) is 38.1 Å². The summed E-state index contributed by atoms with van der Waals surface area (Å²) >= 11 is 1.55. The first-order valence-corrected chi connectivity index (χ1v) is 12.4. The number of thioether (sulfide) groups is 1. The average Bonchev–Trinajstić information content (AvgIpc) is 3.53. The lowest BCUT2D eigenvalue weighted by molar-refractivity contribution is -0.131. The van der Waals surface area contributed by atoms with Gasteiger partial charge in [0.15, 0.2) is 6.10 Å². The predicted molar refractivity (Wildman–Crippen MR) is 133 cm³/mol. The number of anilines is 1. The summed E-state index contributed by atoms with van der Waals surface area (Å²) in [7, 11) is 4.96. The minimum absolute atomic E-state index is 0.153. The Morgan fingerprint density at radius 1 is 1.08 bits per heavy atom. The van der Waals surface area contributed by atoms with Crippen LogP contribution in [-0.4, -0.2) is 32.4 Å². The van der Waals surface area contributed by atoms with Gasteiger partial charge in [-0.05, 0) is 37.3 Å².